The first kappa shape index (κ1) is 15.8. The molecule has 1 saturated heterocycles. The number of nitrogens with zero attached hydrogens (tertiary/aromatic N) is 3. The zero-order valence-electron chi connectivity index (χ0n) is 11.7. The first-order valence-electron chi connectivity index (χ1n) is 6.59. The van der Waals surface area contributed by atoms with Crippen LogP contribution in [0.15, 0.2) is 0 Å². The first-order valence-corrected chi connectivity index (χ1v) is 7.99. The summed E-state index contributed by atoms with van der Waals surface area (Å²) in [6.45, 7) is 6.59. The second-order valence-corrected chi connectivity index (χ2v) is 6.73. The van der Waals surface area contributed by atoms with Gasteiger partial charge < -0.3 is 10.2 Å². The molecule has 18 heavy (non-hydrogen) atoms. The number of rotatable bonds is 7. The second-order valence-electron chi connectivity index (χ2n) is 4.81. The summed E-state index contributed by atoms with van der Waals surface area (Å²) in [5.74, 6) is 0. The lowest BCUT2D eigenvalue weighted by atomic mass is 10.4. The predicted octanol–water partition coefficient (Wildman–Crippen LogP) is -0.590. The summed E-state index contributed by atoms with van der Waals surface area (Å²) >= 11 is 0. The molecule has 0 aliphatic carbocycles. The minimum absolute atomic E-state index is 0.541. The SMILES string of the molecule is CCN(CCCN(C)C)S(=O)(=O)N1CCNCC1. The van der Waals surface area contributed by atoms with Crippen molar-refractivity contribution in [3.63, 3.8) is 0 Å². The molecule has 0 radical (unpaired) electrons. The maximum atomic E-state index is 12.4. The molecule has 0 spiro atoms. The molecule has 0 saturated carbocycles. The summed E-state index contributed by atoms with van der Waals surface area (Å²) in [5.41, 5.74) is 0. The van der Waals surface area contributed by atoms with E-state index in [0.717, 1.165) is 26.1 Å². The average molecular weight is 278 g/mol. The third-order valence-corrected chi connectivity index (χ3v) is 5.21. The molecule has 1 aliphatic heterocycles. The molecule has 1 N–H and O–H groups in total. The third kappa shape index (κ3) is 4.47. The second kappa shape index (κ2) is 7.40. The van der Waals surface area contributed by atoms with E-state index in [2.05, 4.69) is 10.2 Å². The van der Waals surface area contributed by atoms with Crippen molar-refractivity contribution < 1.29 is 8.42 Å². The Morgan fingerprint density at radius 1 is 1.17 bits per heavy atom. The van der Waals surface area contributed by atoms with Crippen LogP contribution < -0.4 is 5.32 Å². The Morgan fingerprint density at radius 2 is 1.78 bits per heavy atom. The Hall–Kier alpha value is -0.210. The molecule has 0 bridgehead atoms. The monoisotopic (exact) mass is 278 g/mol. The normalized spacial score (nSPS) is 18.7. The highest BCUT2D eigenvalue weighted by Gasteiger charge is 2.29. The third-order valence-electron chi connectivity index (χ3n) is 3.09. The van der Waals surface area contributed by atoms with Gasteiger partial charge in [-0.25, -0.2) is 0 Å². The average Bonchev–Trinajstić information content (AvgIpc) is 2.35. The Morgan fingerprint density at radius 3 is 2.28 bits per heavy atom. The predicted molar refractivity (Wildman–Crippen MR) is 73.8 cm³/mol. The molecule has 0 aromatic rings. The largest absolute Gasteiger partial charge is 0.314 e. The van der Waals surface area contributed by atoms with E-state index in [9.17, 15) is 8.42 Å². The smallest absolute Gasteiger partial charge is 0.282 e. The van der Waals surface area contributed by atoms with Crippen molar-refractivity contribution in [3.05, 3.63) is 0 Å². The van der Waals surface area contributed by atoms with E-state index in [1.807, 2.05) is 21.0 Å². The molecule has 0 aromatic heterocycles. The summed E-state index contributed by atoms with van der Waals surface area (Å²) in [4.78, 5) is 2.07. The van der Waals surface area contributed by atoms with Gasteiger partial charge in [0.05, 0.1) is 0 Å². The Balaban J connectivity index is 2.55. The van der Waals surface area contributed by atoms with Crippen LogP contribution in [0.3, 0.4) is 0 Å². The van der Waals surface area contributed by atoms with Gasteiger partial charge in [-0.15, -0.1) is 0 Å². The van der Waals surface area contributed by atoms with Crippen LogP contribution in [0.1, 0.15) is 13.3 Å². The van der Waals surface area contributed by atoms with Crippen molar-refractivity contribution in [2.24, 2.45) is 0 Å². The van der Waals surface area contributed by atoms with Gasteiger partial charge in [0.25, 0.3) is 10.2 Å². The van der Waals surface area contributed by atoms with E-state index in [4.69, 9.17) is 0 Å². The molecule has 0 aromatic carbocycles. The summed E-state index contributed by atoms with van der Waals surface area (Å²) in [7, 11) is 0.738. The van der Waals surface area contributed by atoms with Crippen molar-refractivity contribution in [2.75, 3.05) is 59.9 Å². The molecular weight excluding hydrogens is 252 g/mol. The van der Waals surface area contributed by atoms with Crippen LogP contribution in [0.4, 0.5) is 0 Å². The molecule has 0 amide bonds. The molecular formula is C11H26N4O2S. The first-order chi connectivity index (χ1) is 8.48. The maximum absolute atomic E-state index is 12.4. The molecule has 0 unspecified atom stereocenters. The summed E-state index contributed by atoms with van der Waals surface area (Å²) in [6.07, 6.45) is 0.867. The molecule has 1 rings (SSSR count). The van der Waals surface area contributed by atoms with Gasteiger partial charge in [-0.2, -0.15) is 17.0 Å². The molecule has 1 fully saturated rings. The fourth-order valence-corrected chi connectivity index (χ4v) is 3.69. The van der Waals surface area contributed by atoms with E-state index in [1.54, 1.807) is 8.61 Å². The summed E-state index contributed by atoms with van der Waals surface area (Å²) < 4.78 is 28.0. The highest BCUT2D eigenvalue weighted by molar-refractivity contribution is 7.86. The minimum atomic E-state index is -3.26. The number of nitrogens with one attached hydrogen (secondary N) is 1. The van der Waals surface area contributed by atoms with Crippen LogP contribution in [0.2, 0.25) is 0 Å². The Labute approximate surface area is 111 Å². The summed E-state index contributed by atoms with van der Waals surface area (Å²) in [5, 5.41) is 3.17. The van der Waals surface area contributed by atoms with Crippen molar-refractivity contribution >= 4 is 10.2 Å². The standard InChI is InChI=1S/C11H26N4O2S/c1-4-14(9-5-8-13(2)3)18(16,17)15-10-6-12-7-11-15/h12H,4-11H2,1-3H3. The van der Waals surface area contributed by atoms with E-state index < -0.39 is 10.2 Å². The molecule has 1 heterocycles. The molecule has 0 atom stereocenters. The van der Waals surface area contributed by atoms with Gasteiger partial charge >= 0.3 is 0 Å². The van der Waals surface area contributed by atoms with E-state index in [-0.39, 0.29) is 0 Å². The van der Waals surface area contributed by atoms with Gasteiger partial charge in [-0.05, 0) is 27.1 Å². The topological polar surface area (TPSA) is 55.9 Å². The van der Waals surface area contributed by atoms with Crippen molar-refractivity contribution in [1.82, 2.24) is 18.8 Å². The van der Waals surface area contributed by atoms with Crippen LogP contribution in [0, 0.1) is 0 Å². The maximum Gasteiger partial charge on any atom is 0.282 e. The van der Waals surface area contributed by atoms with Gasteiger partial charge in [-0.1, -0.05) is 6.92 Å². The molecule has 6 nitrogen and oxygen atoms in total. The molecule has 1 aliphatic rings. The Kier molecular flexibility index (Phi) is 6.51. The van der Waals surface area contributed by atoms with Gasteiger partial charge in [0, 0.05) is 39.3 Å². The number of hydrogen-bond donors (Lipinski definition) is 1. The van der Waals surface area contributed by atoms with Crippen molar-refractivity contribution in [2.45, 2.75) is 13.3 Å². The highest BCUT2D eigenvalue weighted by atomic mass is 32.2. The van der Waals surface area contributed by atoms with Crippen molar-refractivity contribution in [3.8, 4) is 0 Å². The molecule has 108 valence electrons. The van der Waals surface area contributed by atoms with Gasteiger partial charge in [0.2, 0.25) is 0 Å². The van der Waals surface area contributed by atoms with Crippen LogP contribution in [-0.2, 0) is 10.2 Å². The van der Waals surface area contributed by atoms with Crippen LogP contribution in [-0.4, -0.2) is 81.8 Å². The number of piperazine rings is 1. The van der Waals surface area contributed by atoms with Crippen molar-refractivity contribution in [1.29, 1.82) is 0 Å². The molecule has 7 heteroatoms. The van der Waals surface area contributed by atoms with Crippen LogP contribution in [0.25, 0.3) is 0 Å². The highest BCUT2D eigenvalue weighted by Crippen LogP contribution is 2.10. The quantitative estimate of drug-likeness (QED) is 0.676. The summed E-state index contributed by atoms with van der Waals surface area (Å²) in [6, 6.07) is 0. The minimum Gasteiger partial charge on any atom is -0.314 e. The van der Waals surface area contributed by atoms with E-state index >= 15 is 0 Å². The van der Waals surface area contributed by atoms with E-state index in [0.29, 0.717) is 26.2 Å². The van der Waals surface area contributed by atoms with Gasteiger partial charge in [0.1, 0.15) is 0 Å². The lowest BCUT2D eigenvalue weighted by molar-refractivity contribution is 0.304. The number of hydrogen-bond acceptors (Lipinski definition) is 4. The van der Waals surface area contributed by atoms with Crippen LogP contribution in [0.5, 0.6) is 0 Å². The van der Waals surface area contributed by atoms with Gasteiger partial charge in [-0.3, -0.25) is 0 Å². The fourth-order valence-electron chi connectivity index (χ4n) is 2.04. The lowest BCUT2D eigenvalue weighted by Crippen LogP contribution is -2.52. The zero-order valence-corrected chi connectivity index (χ0v) is 12.5. The van der Waals surface area contributed by atoms with Crippen LogP contribution >= 0.6 is 0 Å². The lowest BCUT2D eigenvalue weighted by Gasteiger charge is -2.32. The van der Waals surface area contributed by atoms with E-state index in [1.165, 1.54) is 0 Å². The Bertz CT molecular complexity index is 326. The van der Waals surface area contributed by atoms with Gasteiger partial charge in [0.15, 0.2) is 0 Å². The zero-order chi connectivity index (χ0) is 13.6. The fraction of sp³-hybridized carbons (Fsp3) is 1.00.